The summed E-state index contributed by atoms with van der Waals surface area (Å²) in [6.45, 7) is 4.51. The highest BCUT2D eigenvalue weighted by atomic mass is 16.5. The van der Waals surface area contributed by atoms with Crippen molar-refractivity contribution in [3.05, 3.63) is 11.7 Å². The van der Waals surface area contributed by atoms with E-state index in [0.29, 0.717) is 0 Å². The second-order valence-electron chi connectivity index (χ2n) is 7.20. The zero-order valence-electron chi connectivity index (χ0n) is 12.8. The summed E-state index contributed by atoms with van der Waals surface area (Å²) >= 11 is 0. The van der Waals surface area contributed by atoms with E-state index in [0.717, 1.165) is 43.3 Å². The average molecular weight is 277 g/mol. The van der Waals surface area contributed by atoms with Gasteiger partial charge in [0, 0.05) is 5.41 Å². The second kappa shape index (κ2) is 5.14. The highest BCUT2D eigenvalue weighted by Crippen LogP contribution is 2.42. The van der Waals surface area contributed by atoms with Crippen molar-refractivity contribution in [3.8, 4) is 0 Å². The maximum atomic E-state index is 6.57. The molecule has 20 heavy (non-hydrogen) atoms. The number of nitrogens with two attached hydrogens (primary N) is 1. The first-order valence-corrected chi connectivity index (χ1v) is 8.19. The number of nitrogens with zero attached hydrogens (tertiary/aromatic N) is 2. The zero-order valence-corrected chi connectivity index (χ0v) is 12.8. The third kappa shape index (κ3) is 2.39. The van der Waals surface area contributed by atoms with Gasteiger partial charge in [-0.25, -0.2) is 0 Å². The molecule has 112 valence electrons. The number of hydrogen-bond donors (Lipinski definition) is 1. The molecule has 1 heterocycles. The van der Waals surface area contributed by atoms with E-state index >= 15 is 0 Å². The Balaban J connectivity index is 1.76. The Kier molecular flexibility index (Phi) is 3.61. The molecule has 0 bridgehead atoms. The van der Waals surface area contributed by atoms with Crippen LogP contribution >= 0.6 is 0 Å². The van der Waals surface area contributed by atoms with E-state index < -0.39 is 0 Å². The van der Waals surface area contributed by atoms with Gasteiger partial charge in [0.1, 0.15) is 0 Å². The molecule has 0 amide bonds. The van der Waals surface area contributed by atoms with Gasteiger partial charge in [-0.1, -0.05) is 38.3 Å². The van der Waals surface area contributed by atoms with Gasteiger partial charge in [0.05, 0.1) is 5.54 Å². The van der Waals surface area contributed by atoms with Gasteiger partial charge in [-0.3, -0.25) is 0 Å². The summed E-state index contributed by atoms with van der Waals surface area (Å²) in [6.07, 6.45) is 10.4. The number of aromatic nitrogens is 2. The average Bonchev–Trinajstić information content (AvgIpc) is 3.09. The van der Waals surface area contributed by atoms with Crippen molar-refractivity contribution < 1.29 is 4.52 Å². The lowest BCUT2D eigenvalue weighted by molar-refractivity contribution is 0.215. The molecule has 2 aliphatic rings. The van der Waals surface area contributed by atoms with E-state index in [-0.39, 0.29) is 11.0 Å². The van der Waals surface area contributed by atoms with Gasteiger partial charge in [0.15, 0.2) is 5.82 Å². The molecule has 2 aliphatic carbocycles. The van der Waals surface area contributed by atoms with E-state index in [1.807, 2.05) is 0 Å². The lowest BCUT2D eigenvalue weighted by atomic mass is 9.76. The predicted octanol–water partition coefficient (Wildman–Crippen LogP) is 3.66. The number of rotatable bonds is 3. The van der Waals surface area contributed by atoms with Crippen molar-refractivity contribution >= 4 is 0 Å². The van der Waals surface area contributed by atoms with Gasteiger partial charge in [0.2, 0.25) is 5.89 Å². The third-order valence-corrected chi connectivity index (χ3v) is 5.67. The first-order chi connectivity index (χ1) is 9.56. The molecule has 4 nitrogen and oxygen atoms in total. The summed E-state index contributed by atoms with van der Waals surface area (Å²) in [5, 5.41) is 4.24. The van der Waals surface area contributed by atoms with Crippen molar-refractivity contribution in [2.45, 2.75) is 82.6 Å². The van der Waals surface area contributed by atoms with Crippen molar-refractivity contribution in [1.29, 1.82) is 0 Å². The topological polar surface area (TPSA) is 64.9 Å². The molecule has 0 aromatic carbocycles. The van der Waals surface area contributed by atoms with Gasteiger partial charge in [-0.15, -0.1) is 0 Å². The molecule has 0 aliphatic heterocycles. The first kappa shape index (κ1) is 14.1. The fourth-order valence-corrected chi connectivity index (χ4v) is 3.86. The minimum Gasteiger partial charge on any atom is -0.339 e. The van der Waals surface area contributed by atoms with Crippen LogP contribution in [0, 0.1) is 5.92 Å². The molecule has 4 heteroatoms. The van der Waals surface area contributed by atoms with Gasteiger partial charge < -0.3 is 10.3 Å². The first-order valence-electron chi connectivity index (χ1n) is 8.19. The summed E-state index contributed by atoms with van der Waals surface area (Å²) in [5.74, 6) is 2.38. The molecule has 0 saturated heterocycles. The van der Waals surface area contributed by atoms with Gasteiger partial charge >= 0.3 is 0 Å². The molecule has 2 saturated carbocycles. The summed E-state index contributed by atoms with van der Waals surface area (Å²) in [5.41, 5.74) is 6.29. The Morgan fingerprint density at radius 2 is 1.85 bits per heavy atom. The second-order valence-corrected chi connectivity index (χ2v) is 7.20. The van der Waals surface area contributed by atoms with Crippen LogP contribution in [0.2, 0.25) is 0 Å². The van der Waals surface area contributed by atoms with Crippen LogP contribution < -0.4 is 5.73 Å². The Morgan fingerprint density at radius 3 is 2.45 bits per heavy atom. The minimum atomic E-state index is -0.359. The van der Waals surface area contributed by atoms with E-state index in [1.165, 1.54) is 32.1 Å². The van der Waals surface area contributed by atoms with Crippen LogP contribution in [0.3, 0.4) is 0 Å². The molecular formula is C16H27N3O. The van der Waals surface area contributed by atoms with E-state index in [9.17, 15) is 0 Å². The van der Waals surface area contributed by atoms with Crippen molar-refractivity contribution in [2.24, 2.45) is 11.7 Å². The van der Waals surface area contributed by atoms with Gasteiger partial charge in [-0.05, 0) is 44.4 Å². The Bertz CT molecular complexity index is 454. The molecule has 0 spiro atoms. The Morgan fingerprint density at radius 1 is 1.20 bits per heavy atom. The van der Waals surface area contributed by atoms with Crippen LogP contribution in [0.25, 0.3) is 0 Å². The van der Waals surface area contributed by atoms with Crippen molar-refractivity contribution in [3.63, 3.8) is 0 Å². The molecule has 1 aromatic heterocycles. The Hall–Kier alpha value is -0.900. The standard InChI is InChI=1S/C16H27N3O/c1-3-12-6-10-16(17,11-7-12)13-18-14(20-19-13)15(2)8-4-5-9-15/h12H,3-11,17H2,1-2H3. The van der Waals surface area contributed by atoms with Gasteiger partial charge in [-0.2, -0.15) is 4.98 Å². The molecule has 3 rings (SSSR count). The van der Waals surface area contributed by atoms with Gasteiger partial charge in [0.25, 0.3) is 0 Å². The third-order valence-electron chi connectivity index (χ3n) is 5.67. The summed E-state index contributed by atoms with van der Waals surface area (Å²) < 4.78 is 5.58. The predicted molar refractivity (Wildman–Crippen MR) is 78.2 cm³/mol. The zero-order chi connectivity index (χ0) is 14.2. The molecule has 2 N–H and O–H groups in total. The van der Waals surface area contributed by atoms with Crippen LogP contribution in [0.5, 0.6) is 0 Å². The lowest BCUT2D eigenvalue weighted by Gasteiger charge is -2.34. The lowest BCUT2D eigenvalue weighted by Crippen LogP contribution is -2.41. The van der Waals surface area contributed by atoms with E-state index in [2.05, 4.69) is 19.0 Å². The molecule has 0 unspecified atom stereocenters. The molecule has 0 radical (unpaired) electrons. The van der Waals surface area contributed by atoms with E-state index in [4.69, 9.17) is 15.2 Å². The van der Waals surface area contributed by atoms with Crippen LogP contribution in [-0.4, -0.2) is 10.1 Å². The summed E-state index contributed by atoms with van der Waals surface area (Å²) in [6, 6.07) is 0. The maximum absolute atomic E-state index is 6.57. The van der Waals surface area contributed by atoms with E-state index in [1.54, 1.807) is 0 Å². The maximum Gasteiger partial charge on any atom is 0.232 e. The quantitative estimate of drug-likeness (QED) is 0.915. The Labute approximate surface area is 121 Å². The minimum absolute atomic E-state index is 0.0855. The summed E-state index contributed by atoms with van der Waals surface area (Å²) in [7, 11) is 0. The molecule has 0 atom stereocenters. The van der Waals surface area contributed by atoms with Crippen LogP contribution in [0.1, 0.15) is 83.3 Å². The largest absolute Gasteiger partial charge is 0.339 e. The normalized spacial score (nSPS) is 33.5. The molecular weight excluding hydrogens is 250 g/mol. The van der Waals surface area contributed by atoms with Crippen LogP contribution in [0.15, 0.2) is 4.52 Å². The van der Waals surface area contributed by atoms with Crippen molar-refractivity contribution in [2.75, 3.05) is 0 Å². The van der Waals surface area contributed by atoms with Crippen LogP contribution in [0.4, 0.5) is 0 Å². The highest BCUT2D eigenvalue weighted by Gasteiger charge is 2.40. The molecule has 2 fully saturated rings. The monoisotopic (exact) mass is 277 g/mol. The van der Waals surface area contributed by atoms with Crippen LogP contribution in [-0.2, 0) is 11.0 Å². The smallest absolute Gasteiger partial charge is 0.232 e. The fourth-order valence-electron chi connectivity index (χ4n) is 3.86. The fraction of sp³-hybridized carbons (Fsp3) is 0.875. The van der Waals surface area contributed by atoms with Crippen molar-refractivity contribution in [1.82, 2.24) is 10.1 Å². The SMILES string of the molecule is CCC1CCC(N)(c2noc(C3(C)CCCC3)n2)CC1. The number of hydrogen-bond acceptors (Lipinski definition) is 4. The molecule has 1 aromatic rings. The highest BCUT2D eigenvalue weighted by molar-refractivity contribution is 5.11. The summed E-state index contributed by atoms with van der Waals surface area (Å²) in [4.78, 5) is 4.71.